The summed E-state index contributed by atoms with van der Waals surface area (Å²) in [5.41, 5.74) is 0.788. The van der Waals surface area contributed by atoms with Crippen LogP contribution in [0.25, 0.3) is 22.6 Å². The Morgan fingerprint density at radius 1 is 1.30 bits per heavy atom. The average molecular weight is 328 g/mol. The molecule has 23 heavy (non-hydrogen) atoms. The first-order valence-electron chi connectivity index (χ1n) is 6.89. The van der Waals surface area contributed by atoms with Crippen LogP contribution in [-0.4, -0.2) is 29.9 Å². The largest absolute Gasteiger partial charge is 0.461 e. The molecule has 4 aromatic rings. The molecule has 0 saturated carbocycles. The average Bonchev–Trinajstić information content (AvgIpc) is 3.28. The van der Waals surface area contributed by atoms with Gasteiger partial charge in [0.25, 0.3) is 0 Å². The van der Waals surface area contributed by atoms with Crippen molar-refractivity contribution < 1.29 is 8.94 Å². The van der Waals surface area contributed by atoms with Gasteiger partial charge in [0.2, 0.25) is 11.7 Å². The SMILES string of the molecule is C[C@@H](Sc1ncnc2c1cnn2C)c1nc(-c2ccco2)no1. The van der Waals surface area contributed by atoms with E-state index in [4.69, 9.17) is 8.94 Å². The summed E-state index contributed by atoms with van der Waals surface area (Å²) < 4.78 is 12.3. The van der Waals surface area contributed by atoms with Crippen LogP contribution in [0.3, 0.4) is 0 Å². The van der Waals surface area contributed by atoms with Crippen molar-refractivity contribution >= 4 is 22.8 Å². The molecule has 0 saturated heterocycles. The second-order valence-corrected chi connectivity index (χ2v) is 6.21. The second-order valence-electron chi connectivity index (χ2n) is 4.88. The number of hydrogen-bond acceptors (Lipinski definition) is 8. The smallest absolute Gasteiger partial charge is 0.240 e. The summed E-state index contributed by atoms with van der Waals surface area (Å²) in [6.45, 7) is 1.98. The number of nitrogens with zero attached hydrogens (tertiary/aromatic N) is 6. The molecule has 0 amide bonds. The molecule has 0 spiro atoms. The summed E-state index contributed by atoms with van der Waals surface area (Å²) in [6.07, 6.45) is 4.86. The van der Waals surface area contributed by atoms with Gasteiger partial charge in [-0.1, -0.05) is 16.9 Å². The molecule has 4 heterocycles. The number of aryl methyl sites for hydroxylation is 1. The van der Waals surface area contributed by atoms with Gasteiger partial charge in [0.05, 0.1) is 23.1 Å². The molecule has 8 nitrogen and oxygen atoms in total. The zero-order valence-electron chi connectivity index (χ0n) is 12.4. The Bertz CT molecular complexity index is 945. The lowest BCUT2D eigenvalue weighted by Crippen LogP contribution is -1.94. The molecule has 0 radical (unpaired) electrons. The first-order valence-corrected chi connectivity index (χ1v) is 7.77. The van der Waals surface area contributed by atoms with Gasteiger partial charge in [0, 0.05) is 7.05 Å². The van der Waals surface area contributed by atoms with E-state index in [9.17, 15) is 0 Å². The number of furan rings is 1. The molecule has 0 bridgehead atoms. The van der Waals surface area contributed by atoms with E-state index in [1.165, 1.54) is 18.1 Å². The second kappa shape index (κ2) is 5.51. The molecule has 0 aromatic carbocycles. The Morgan fingerprint density at radius 3 is 3.04 bits per heavy atom. The fourth-order valence-corrected chi connectivity index (χ4v) is 3.07. The van der Waals surface area contributed by atoms with Gasteiger partial charge in [-0.05, 0) is 19.1 Å². The molecule has 0 aliphatic carbocycles. The van der Waals surface area contributed by atoms with Crippen molar-refractivity contribution in [2.45, 2.75) is 17.2 Å². The zero-order valence-corrected chi connectivity index (χ0v) is 13.2. The van der Waals surface area contributed by atoms with Crippen molar-refractivity contribution in [2.24, 2.45) is 7.05 Å². The van der Waals surface area contributed by atoms with Gasteiger partial charge in [-0.25, -0.2) is 9.97 Å². The van der Waals surface area contributed by atoms with E-state index in [2.05, 4.69) is 25.2 Å². The van der Waals surface area contributed by atoms with Gasteiger partial charge in [-0.15, -0.1) is 0 Å². The first kappa shape index (κ1) is 13.9. The lowest BCUT2D eigenvalue weighted by Gasteiger charge is -2.05. The highest BCUT2D eigenvalue weighted by Crippen LogP contribution is 2.36. The van der Waals surface area contributed by atoms with Crippen LogP contribution in [-0.2, 0) is 7.05 Å². The molecule has 9 heteroatoms. The zero-order chi connectivity index (χ0) is 15.8. The molecule has 0 aliphatic heterocycles. The fraction of sp³-hybridized carbons (Fsp3) is 0.214. The van der Waals surface area contributed by atoms with E-state index >= 15 is 0 Å². The number of fused-ring (bicyclic) bond motifs is 1. The third kappa shape index (κ3) is 2.48. The molecule has 1 atom stereocenters. The minimum absolute atomic E-state index is 0.0653. The molecule has 0 fully saturated rings. The molecule has 0 N–H and O–H groups in total. The standard InChI is InChI=1S/C14H12N6O2S/c1-8(13-18-11(19-22-13)10-4-3-5-21-10)23-14-9-6-17-20(2)12(9)15-7-16-14/h3-8H,1-2H3/t8-/m1/s1. The Kier molecular flexibility index (Phi) is 3.34. The number of aromatic nitrogens is 6. The molecular weight excluding hydrogens is 316 g/mol. The molecule has 116 valence electrons. The number of thioether (sulfide) groups is 1. The van der Waals surface area contributed by atoms with Crippen molar-refractivity contribution in [3.05, 3.63) is 36.8 Å². The summed E-state index contributed by atoms with van der Waals surface area (Å²) >= 11 is 1.52. The highest BCUT2D eigenvalue weighted by atomic mass is 32.2. The topological polar surface area (TPSA) is 95.7 Å². The Balaban J connectivity index is 1.61. The monoisotopic (exact) mass is 328 g/mol. The van der Waals surface area contributed by atoms with Gasteiger partial charge in [-0.2, -0.15) is 10.1 Å². The minimum Gasteiger partial charge on any atom is -0.461 e. The molecule has 4 rings (SSSR count). The molecule has 0 aliphatic rings. The van der Waals surface area contributed by atoms with E-state index in [-0.39, 0.29) is 5.25 Å². The maximum absolute atomic E-state index is 5.33. The fourth-order valence-electron chi connectivity index (χ4n) is 2.16. The van der Waals surface area contributed by atoms with Gasteiger partial charge >= 0.3 is 0 Å². The van der Waals surface area contributed by atoms with E-state index in [0.717, 1.165) is 16.1 Å². The summed E-state index contributed by atoms with van der Waals surface area (Å²) in [5.74, 6) is 1.53. The Morgan fingerprint density at radius 2 is 2.22 bits per heavy atom. The minimum atomic E-state index is -0.0653. The summed E-state index contributed by atoms with van der Waals surface area (Å²) in [6, 6.07) is 3.57. The van der Waals surface area contributed by atoms with Gasteiger partial charge in [0.15, 0.2) is 11.4 Å². The highest BCUT2D eigenvalue weighted by molar-refractivity contribution is 7.99. The molecular formula is C14H12N6O2S. The highest BCUT2D eigenvalue weighted by Gasteiger charge is 2.20. The normalized spacial score (nSPS) is 12.8. The maximum Gasteiger partial charge on any atom is 0.240 e. The van der Waals surface area contributed by atoms with Gasteiger partial charge in [0.1, 0.15) is 11.4 Å². The first-order chi connectivity index (χ1) is 11.2. The number of hydrogen-bond donors (Lipinski definition) is 0. The third-order valence-electron chi connectivity index (χ3n) is 3.31. The summed E-state index contributed by atoms with van der Waals surface area (Å²) in [7, 11) is 1.85. The van der Waals surface area contributed by atoms with E-state index in [1.807, 2.05) is 14.0 Å². The van der Waals surface area contributed by atoms with Crippen LogP contribution in [0.15, 0.2) is 44.9 Å². The van der Waals surface area contributed by atoms with E-state index in [1.54, 1.807) is 29.3 Å². The van der Waals surface area contributed by atoms with Crippen molar-refractivity contribution in [3.8, 4) is 11.6 Å². The van der Waals surface area contributed by atoms with E-state index < -0.39 is 0 Å². The lowest BCUT2D eigenvalue weighted by molar-refractivity contribution is 0.379. The van der Waals surface area contributed by atoms with Crippen LogP contribution in [0.5, 0.6) is 0 Å². The molecule has 0 unspecified atom stereocenters. The number of rotatable bonds is 4. The summed E-state index contributed by atoms with van der Waals surface area (Å²) in [4.78, 5) is 12.9. The van der Waals surface area contributed by atoms with Crippen LogP contribution >= 0.6 is 11.8 Å². The quantitative estimate of drug-likeness (QED) is 0.417. The third-order valence-corrected chi connectivity index (χ3v) is 4.42. The van der Waals surface area contributed by atoms with Gasteiger partial charge in [-0.3, -0.25) is 4.68 Å². The Hall–Kier alpha value is -2.68. The van der Waals surface area contributed by atoms with Crippen LogP contribution in [0.2, 0.25) is 0 Å². The van der Waals surface area contributed by atoms with Crippen LogP contribution in [0, 0.1) is 0 Å². The van der Waals surface area contributed by atoms with Crippen molar-refractivity contribution in [2.75, 3.05) is 0 Å². The van der Waals surface area contributed by atoms with Crippen molar-refractivity contribution in [3.63, 3.8) is 0 Å². The lowest BCUT2D eigenvalue weighted by atomic mass is 10.4. The van der Waals surface area contributed by atoms with E-state index in [0.29, 0.717) is 17.5 Å². The van der Waals surface area contributed by atoms with Crippen LogP contribution in [0.4, 0.5) is 0 Å². The molecule has 4 aromatic heterocycles. The van der Waals surface area contributed by atoms with Gasteiger partial charge < -0.3 is 8.94 Å². The van der Waals surface area contributed by atoms with Crippen molar-refractivity contribution in [1.82, 2.24) is 29.9 Å². The Labute approximate surface area is 134 Å². The van der Waals surface area contributed by atoms with Crippen molar-refractivity contribution in [1.29, 1.82) is 0 Å². The maximum atomic E-state index is 5.33. The predicted octanol–water partition coefficient (Wildman–Crippen LogP) is 2.86. The van der Waals surface area contributed by atoms with Crippen LogP contribution in [0.1, 0.15) is 18.1 Å². The predicted molar refractivity (Wildman–Crippen MR) is 82.6 cm³/mol. The van der Waals surface area contributed by atoms with Crippen LogP contribution < -0.4 is 0 Å². The summed E-state index contributed by atoms with van der Waals surface area (Å²) in [5, 5.41) is 9.82.